The van der Waals surface area contributed by atoms with E-state index in [1.54, 1.807) is 4.90 Å². The third kappa shape index (κ3) is 3.49. The Balaban J connectivity index is 1.91. The van der Waals surface area contributed by atoms with E-state index in [-0.39, 0.29) is 36.4 Å². The first-order chi connectivity index (χ1) is 9.65. The van der Waals surface area contributed by atoms with Crippen LogP contribution in [0.4, 0.5) is 0 Å². The minimum absolute atomic E-state index is 0.0319. The van der Waals surface area contributed by atoms with E-state index < -0.39 is 0 Å². The van der Waals surface area contributed by atoms with Gasteiger partial charge in [0.15, 0.2) is 0 Å². The number of esters is 1. The standard InChI is InChI=1S/C14H23NO5/c1-3-12-11(4-6-20-12)14(17)15-5-7-19-10(9-15)8-13(16)18-2/h10-12H,3-9H2,1-2H3. The lowest BCUT2D eigenvalue weighted by Crippen LogP contribution is -2.49. The molecule has 2 heterocycles. The van der Waals surface area contributed by atoms with Crippen molar-refractivity contribution >= 4 is 11.9 Å². The quantitative estimate of drug-likeness (QED) is 0.707. The Hall–Kier alpha value is -1.14. The normalized spacial score (nSPS) is 30.3. The Kier molecular flexibility index (Phi) is 5.37. The number of carbonyl (C=O) groups is 2. The number of hydrogen-bond donors (Lipinski definition) is 0. The van der Waals surface area contributed by atoms with Gasteiger partial charge in [0.2, 0.25) is 5.91 Å². The predicted octanol–water partition coefficient (Wildman–Crippen LogP) is 0.592. The van der Waals surface area contributed by atoms with Crippen molar-refractivity contribution in [2.45, 2.75) is 38.4 Å². The lowest BCUT2D eigenvalue weighted by Gasteiger charge is -2.34. The maximum absolute atomic E-state index is 12.5. The minimum atomic E-state index is -0.306. The zero-order valence-corrected chi connectivity index (χ0v) is 12.2. The molecule has 2 fully saturated rings. The van der Waals surface area contributed by atoms with Gasteiger partial charge in [-0.05, 0) is 12.8 Å². The van der Waals surface area contributed by atoms with E-state index in [0.29, 0.717) is 26.3 Å². The summed E-state index contributed by atoms with van der Waals surface area (Å²) in [4.78, 5) is 25.6. The summed E-state index contributed by atoms with van der Waals surface area (Å²) in [6.45, 7) is 4.21. The topological polar surface area (TPSA) is 65.1 Å². The monoisotopic (exact) mass is 285 g/mol. The van der Waals surface area contributed by atoms with Crippen LogP contribution < -0.4 is 0 Å². The van der Waals surface area contributed by atoms with Crippen LogP contribution >= 0.6 is 0 Å². The molecule has 2 rings (SSSR count). The van der Waals surface area contributed by atoms with Crippen LogP contribution in [0.3, 0.4) is 0 Å². The van der Waals surface area contributed by atoms with Crippen molar-refractivity contribution in [1.29, 1.82) is 0 Å². The molecule has 6 nitrogen and oxygen atoms in total. The maximum Gasteiger partial charge on any atom is 0.308 e. The molecule has 0 aromatic rings. The molecule has 0 bridgehead atoms. The Bertz CT molecular complexity index is 359. The molecule has 0 saturated carbocycles. The molecule has 0 aliphatic carbocycles. The summed E-state index contributed by atoms with van der Waals surface area (Å²) in [5.41, 5.74) is 0. The number of amides is 1. The van der Waals surface area contributed by atoms with Crippen molar-refractivity contribution in [1.82, 2.24) is 4.90 Å². The number of morpholine rings is 1. The number of carbonyl (C=O) groups excluding carboxylic acids is 2. The van der Waals surface area contributed by atoms with E-state index in [0.717, 1.165) is 12.8 Å². The summed E-state index contributed by atoms with van der Waals surface area (Å²) in [6.07, 6.45) is 1.61. The van der Waals surface area contributed by atoms with Gasteiger partial charge in [-0.15, -0.1) is 0 Å². The van der Waals surface area contributed by atoms with Crippen molar-refractivity contribution in [2.24, 2.45) is 5.92 Å². The Morgan fingerprint density at radius 2 is 2.10 bits per heavy atom. The number of hydrogen-bond acceptors (Lipinski definition) is 5. The van der Waals surface area contributed by atoms with E-state index in [9.17, 15) is 9.59 Å². The number of ether oxygens (including phenoxy) is 3. The van der Waals surface area contributed by atoms with Crippen LogP contribution in [-0.4, -0.2) is 62.4 Å². The van der Waals surface area contributed by atoms with Crippen molar-refractivity contribution in [3.63, 3.8) is 0 Å². The summed E-state index contributed by atoms with van der Waals surface area (Å²) >= 11 is 0. The van der Waals surface area contributed by atoms with E-state index in [4.69, 9.17) is 9.47 Å². The Morgan fingerprint density at radius 3 is 2.80 bits per heavy atom. The summed E-state index contributed by atoms with van der Waals surface area (Å²) in [5.74, 6) is -0.218. The van der Waals surface area contributed by atoms with Crippen LogP contribution in [0.25, 0.3) is 0 Å². The largest absolute Gasteiger partial charge is 0.469 e. The van der Waals surface area contributed by atoms with E-state index >= 15 is 0 Å². The molecule has 0 aromatic heterocycles. The van der Waals surface area contributed by atoms with Gasteiger partial charge in [0.1, 0.15) is 0 Å². The second-order valence-corrected chi connectivity index (χ2v) is 5.27. The first kappa shape index (κ1) is 15.3. The molecule has 114 valence electrons. The lowest BCUT2D eigenvalue weighted by atomic mass is 9.97. The van der Waals surface area contributed by atoms with Gasteiger partial charge < -0.3 is 19.1 Å². The van der Waals surface area contributed by atoms with Gasteiger partial charge in [-0.3, -0.25) is 9.59 Å². The first-order valence-electron chi connectivity index (χ1n) is 7.24. The zero-order valence-electron chi connectivity index (χ0n) is 12.2. The van der Waals surface area contributed by atoms with Gasteiger partial charge in [0.25, 0.3) is 0 Å². The third-order valence-electron chi connectivity index (χ3n) is 4.00. The van der Waals surface area contributed by atoms with E-state index in [1.165, 1.54) is 7.11 Å². The SMILES string of the molecule is CCC1OCCC1C(=O)N1CCOC(CC(=O)OC)C1. The van der Waals surface area contributed by atoms with Gasteiger partial charge in [-0.25, -0.2) is 0 Å². The van der Waals surface area contributed by atoms with Crippen LogP contribution in [0.1, 0.15) is 26.2 Å². The van der Waals surface area contributed by atoms with Crippen LogP contribution in [0.15, 0.2) is 0 Å². The predicted molar refractivity (Wildman–Crippen MR) is 71.1 cm³/mol. The average molecular weight is 285 g/mol. The van der Waals surface area contributed by atoms with Crippen molar-refractivity contribution in [2.75, 3.05) is 33.4 Å². The average Bonchev–Trinajstić information content (AvgIpc) is 2.95. The van der Waals surface area contributed by atoms with Crippen molar-refractivity contribution in [3.05, 3.63) is 0 Å². The summed E-state index contributed by atoms with van der Waals surface area (Å²) in [7, 11) is 1.36. The highest BCUT2D eigenvalue weighted by atomic mass is 16.5. The van der Waals surface area contributed by atoms with Crippen molar-refractivity contribution < 1.29 is 23.8 Å². The molecule has 1 amide bonds. The highest BCUT2D eigenvalue weighted by Gasteiger charge is 2.37. The fraction of sp³-hybridized carbons (Fsp3) is 0.857. The van der Waals surface area contributed by atoms with Crippen LogP contribution in [0.5, 0.6) is 0 Å². The fourth-order valence-corrected chi connectivity index (χ4v) is 2.88. The van der Waals surface area contributed by atoms with Gasteiger partial charge in [-0.2, -0.15) is 0 Å². The summed E-state index contributed by atoms with van der Waals surface area (Å²) in [5, 5.41) is 0. The molecule has 3 unspecified atom stereocenters. The third-order valence-corrected chi connectivity index (χ3v) is 4.00. The molecule has 3 atom stereocenters. The Morgan fingerprint density at radius 1 is 1.30 bits per heavy atom. The highest BCUT2D eigenvalue weighted by Crippen LogP contribution is 2.26. The smallest absolute Gasteiger partial charge is 0.308 e. The van der Waals surface area contributed by atoms with Gasteiger partial charge in [0, 0.05) is 19.7 Å². The Labute approximate surface area is 119 Å². The summed E-state index contributed by atoms with van der Waals surface area (Å²) < 4.78 is 15.7. The van der Waals surface area contributed by atoms with Crippen molar-refractivity contribution in [3.8, 4) is 0 Å². The molecular weight excluding hydrogens is 262 g/mol. The molecule has 2 saturated heterocycles. The van der Waals surface area contributed by atoms with E-state index in [1.807, 2.05) is 6.92 Å². The fourth-order valence-electron chi connectivity index (χ4n) is 2.88. The maximum atomic E-state index is 12.5. The van der Waals surface area contributed by atoms with Crippen LogP contribution in [0, 0.1) is 5.92 Å². The molecular formula is C14H23NO5. The van der Waals surface area contributed by atoms with Gasteiger partial charge >= 0.3 is 5.97 Å². The summed E-state index contributed by atoms with van der Waals surface area (Å²) in [6, 6.07) is 0. The molecule has 0 aromatic carbocycles. The molecule has 0 radical (unpaired) electrons. The zero-order chi connectivity index (χ0) is 14.5. The highest BCUT2D eigenvalue weighted by molar-refractivity contribution is 5.80. The van der Waals surface area contributed by atoms with Crippen LogP contribution in [-0.2, 0) is 23.8 Å². The van der Waals surface area contributed by atoms with Gasteiger partial charge in [-0.1, -0.05) is 6.92 Å². The number of methoxy groups -OCH3 is 1. The van der Waals surface area contributed by atoms with E-state index in [2.05, 4.69) is 4.74 Å². The van der Waals surface area contributed by atoms with Gasteiger partial charge in [0.05, 0.1) is 38.3 Å². The molecule has 2 aliphatic heterocycles. The molecule has 2 aliphatic rings. The minimum Gasteiger partial charge on any atom is -0.469 e. The van der Waals surface area contributed by atoms with Crippen LogP contribution in [0.2, 0.25) is 0 Å². The number of rotatable bonds is 4. The second kappa shape index (κ2) is 7.04. The lowest BCUT2D eigenvalue weighted by molar-refractivity contribution is -0.152. The molecule has 20 heavy (non-hydrogen) atoms. The molecule has 6 heteroatoms. The molecule has 0 spiro atoms. The second-order valence-electron chi connectivity index (χ2n) is 5.27. The first-order valence-corrected chi connectivity index (χ1v) is 7.24. The molecule has 0 N–H and O–H groups in total. The number of nitrogens with zero attached hydrogens (tertiary/aromatic N) is 1.